The number of nitrogens with zero attached hydrogens (tertiary/aromatic N) is 1. The lowest BCUT2D eigenvalue weighted by atomic mass is 9.79. The van der Waals surface area contributed by atoms with Crippen LogP contribution < -0.4 is 9.47 Å². The summed E-state index contributed by atoms with van der Waals surface area (Å²) >= 11 is 0. The van der Waals surface area contributed by atoms with Crippen molar-refractivity contribution >= 4 is 0 Å². The van der Waals surface area contributed by atoms with E-state index in [1.165, 1.54) is 7.11 Å². The lowest BCUT2D eigenvalue weighted by Gasteiger charge is -2.40. The maximum Gasteiger partial charge on any atom is 0.203 e. The Bertz CT molecular complexity index is 967. The quantitative estimate of drug-likeness (QED) is 0.598. The SMILES string of the molecule is COc1ccc(CN2CCC[C@H]2C(O)(c2ccccc2)c2ccccc2)c(O)c1OC. The van der Waals surface area contributed by atoms with Gasteiger partial charge in [-0.2, -0.15) is 0 Å². The predicted octanol–water partition coefficient (Wildman–Crippen LogP) is 4.31. The van der Waals surface area contributed by atoms with Crippen molar-refractivity contribution in [3.63, 3.8) is 0 Å². The molecule has 31 heavy (non-hydrogen) atoms. The first kappa shape index (κ1) is 21.2. The van der Waals surface area contributed by atoms with E-state index in [4.69, 9.17) is 9.47 Å². The number of hydrogen-bond acceptors (Lipinski definition) is 5. The molecule has 4 rings (SSSR count). The van der Waals surface area contributed by atoms with Gasteiger partial charge >= 0.3 is 0 Å². The maximum absolute atomic E-state index is 12.2. The molecule has 0 amide bonds. The van der Waals surface area contributed by atoms with Gasteiger partial charge < -0.3 is 19.7 Å². The van der Waals surface area contributed by atoms with Gasteiger partial charge in [-0.15, -0.1) is 0 Å². The van der Waals surface area contributed by atoms with E-state index >= 15 is 0 Å². The Kier molecular flexibility index (Phi) is 6.16. The summed E-state index contributed by atoms with van der Waals surface area (Å²) in [4.78, 5) is 2.25. The Hall–Kier alpha value is -3.02. The third-order valence-electron chi connectivity index (χ3n) is 6.25. The van der Waals surface area contributed by atoms with Gasteiger partial charge in [-0.25, -0.2) is 0 Å². The van der Waals surface area contributed by atoms with Gasteiger partial charge in [0.05, 0.1) is 14.2 Å². The van der Waals surface area contributed by atoms with Crippen LogP contribution in [0.1, 0.15) is 29.5 Å². The average molecular weight is 420 g/mol. The van der Waals surface area contributed by atoms with Crippen molar-refractivity contribution in [2.75, 3.05) is 20.8 Å². The summed E-state index contributed by atoms with van der Waals surface area (Å²) in [6.45, 7) is 1.33. The number of aliphatic hydroxyl groups is 1. The molecule has 0 unspecified atom stereocenters. The summed E-state index contributed by atoms with van der Waals surface area (Å²) < 4.78 is 10.7. The minimum atomic E-state index is -1.16. The molecule has 0 bridgehead atoms. The number of methoxy groups -OCH3 is 2. The third kappa shape index (κ3) is 3.87. The Morgan fingerprint density at radius 3 is 2.06 bits per heavy atom. The zero-order valence-electron chi connectivity index (χ0n) is 18.0. The molecule has 0 aliphatic carbocycles. The molecule has 5 heteroatoms. The smallest absolute Gasteiger partial charge is 0.203 e. The van der Waals surface area contributed by atoms with Crippen molar-refractivity contribution < 1.29 is 19.7 Å². The number of likely N-dealkylation sites (tertiary alicyclic amines) is 1. The summed E-state index contributed by atoms with van der Waals surface area (Å²) in [6.07, 6.45) is 1.83. The van der Waals surface area contributed by atoms with E-state index < -0.39 is 5.60 Å². The second kappa shape index (κ2) is 9.00. The molecule has 1 fully saturated rings. The Morgan fingerprint density at radius 1 is 0.903 bits per heavy atom. The summed E-state index contributed by atoms with van der Waals surface area (Å²) in [5.41, 5.74) is 1.32. The predicted molar refractivity (Wildman–Crippen MR) is 121 cm³/mol. The van der Waals surface area contributed by atoms with Gasteiger partial charge in [0, 0.05) is 18.2 Å². The van der Waals surface area contributed by atoms with Crippen LogP contribution in [-0.2, 0) is 12.1 Å². The van der Waals surface area contributed by atoms with Gasteiger partial charge in [0.25, 0.3) is 0 Å². The largest absolute Gasteiger partial charge is 0.504 e. The number of phenolic OH excluding ortho intramolecular Hbond substituents is 1. The topological polar surface area (TPSA) is 62.2 Å². The highest BCUT2D eigenvalue weighted by molar-refractivity contribution is 5.55. The molecule has 1 aliphatic heterocycles. The lowest BCUT2D eigenvalue weighted by molar-refractivity contribution is -0.00675. The number of rotatable bonds is 7. The highest BCUT2D eigenvalue weighted by Gasteiger charge is 2.45. The monoisotopic (exact) mass is 419 g/mol. The van der Waals surface area contributed by atoms with Crippen molar-refractivity contribution in [2.24, 2.45) is 0 Å². The van der Waals surface area contributed by atoms with Crippen molar-refractivity contribution in [3.05, 3.63) is 89.5 Å². The molecule has 1 saturated heterocycles. The van der Waals surface area contributed by atoms with Crippen molar-refractivity contribution in [1.82, 2.24) is 4.90 Å². The minimum absolute atomic E-state index is 0.0791. The second-order valence-electron chi connectivity index (χ2n) is 7.94. The first-order valence-corrected chi connectivity index (χ1v) is 10.6. The van der Waals surface area contributed by atoms with E-state index in [-0.39, 0.29) is 11.8 Å². The number of phenols is 1. The molecule has 3 aromatic carbocycles. The lowest BCUT2D eigenvalue weighted by Crippen LogP contribution is -2.48. The summed E-state index contributed by atoms with van der Waals surface area (Å²) in [5.74, 6) is 0.902. The van der Waals surface area contributed by atoms with Crippen LogP contribution in [0.5, 0.6) is 17.2 Å². The van der Waals surface area contributed by atoms with E-state index in [0.717, 1.165) is 36.1 Å². The molecular weight excluding hydrogens is 390 g/mol. The summed E-state index contributed by atoms with van der Waals surface area (Å²) in [7, 11) is 3.07. The van der Waals surface area contributed by atoms with E-state index in [2.05, 4.69) is 4.90 Å². The van der Waals surface area contributed by atoms with Crippen LogP contribution >= 0.6 is 0 Å². The van der Waals surface area contributed by atoms with Crippen LogP contribution in [0, 0.1) is 0 Å². The number of aromatic hydroxyl groups is 1. The molecular formula is C26H29NO4. The highest BCUT2D eigenvalue weighted by atomic mass is 16.5. The molecule has 1 heterocycles. The van der Waals surface area contributed by atoms with Gasteiger partial charge in [-0.1, -0.05) is 66.7 Å². The molecule has 2 N–H and O–H groups in total. The fourth-order valence-corrected chi connectivity index (χ4v) is 4.72. The van der Waals surface area contributed by atoms with Crippen LogP contribution in [0.4, 0.5) is 0 Å². The molecule has 3 aromatic rings. The molecule has 0 saturated carbocycles. The van der Waals surface area contributed by atoms with Crippen molar-refractivity contribution in [1.29, 1.82) is 0 Å². The van der Waals surface area contributed by atoms with Crippen molar-refractivity contribution in [2.45, 2.75) is 31.0 Å². The van der Waals surface area contributed by atoms with Crippen LogP contribution in [-0.4, -0.2) is 41.9 Å². The molecule has 162 valence electrons. The Balaban J connectivity index is 1.73. The van der Waals surface area contributed by atoms with Gasteiger partial charge in [0.15, 0.2) is 11.5 Å². The van der Waals surface area contributed by atoms with Gasteiger partial charge in [0.2, 0.25) is 5.75 Å². The van der Waals surface area contributed by atoms with Gasteiger partial charge in [-0.3, -0.25) is 4.90 Å². The molecule has 1 aliphatic rings. The third-order valence-corrected chi connectivity index (χ3v) is 6.25. The standard InChI is InChI=1S/C26H29NO4/c1-30-22-16-15-19(24(28)25(22)31-2)18-27-17-9-14-23(27)26(29,20-10-5-3-6-11-20)21-12-7-4-8-13-21/h3-8,10-13,15-16,23,28-29H,9,14,17-18H2,1-2H3/t23-/m0/s1. The first-order chi connectivity index (χ1) is 15.1. The summed E-state index contributed by atoms with van der Waals surface area (Å²) in [5, 5.41) is 23.0. The molecule has 0 aromatic heterocycles. The van der Waals surface area contributed by atoms with E-state index in [1.807, 2.05) is 66.7 Å². The van der Waals surface area contributed by atoms with Crippen LogP contribution in [0.3, 0.4) is 0 Å². The fraction of sp³-hybridized carbons (Fsp3) is 0.308. The van der Waals surface area contributed by atoms with E-state index in [1.54, 1.807) is 13.2 Å². The van der Waals surface area contributed by atoms with Crippen LogP contribution in [0.2, 0.25) is 0 Å². The average Bonchev–Trinajstić information content (AvgIpc) is 3.29. The second-order valence-corrected chi connectivity index (χ2v) is 7.94. The normalized spacial score (nSPS) is 16.9. The molecule has 0 radical (unpaired) electrons. The van der Waals surface area contributed by atoms with E-state index in [9.17, 15) is 10.2 Å². The molecule has 1 atom stereocenters. The van der Waals surface area contributed by atoms with Crippen LogP contribution in [0.15, 0.2) is 72.8 Å². The van der Waals surface area contributed by atoms with E-state index in [0.29, 0.717) is 18.0 Å². The number of hydrogen-bond donors (Lipinski definition) is 2. The zero-order chi connectivity index (χ0) is 21.8. The van der Waals surface area contributed by atoms with Crippen LogP contribution in [0.25, 0.3) is 0 Å². The summed E-state index contributed by atoms with van der Waals surface area (Å²) in [6, 6.07) is 23.2. The van der Waals surface area contributed by atoms with Gasteiger partial charge in [0.1, 0.15) is 5.60 Å². The molecule has 0 spiro atoms. The number of benzene rings is 3. The maximum atomic E-state index is 12.2. The Labute approximate surface area is 183 Å². The highest BCUT2D eigenvalue weighted by Crippen LogP contribution is 2.43. The zero-order valence-corrected chi connectivity index (χ0v) is 18.0. The van der Waals surface area contributed by atoms with Crippen molar-refractivity contribution in [3.8, 4) is 17.2 Å². The fourth-order valence-electron chi connectivity index (χ4n) is 4.72. The van der Waals surface area contributed by atoms with Gasteiger partial charge in [-0.05, 0) is 36.6 Å². The molecule has 5 nitrogen and oxygen atoms in total. The number of ether oxygens (including phenoxy) is 2. The first-order valence-electron chi connectivity index (χ1n) is 10.6. The Morgan fingerprint density at radius 2 is 1.52 bits per heavy atom. The minimum Gasteiger partial charge on any atom is -0.504 e.